The van der Waals surface area contributed by atoms with Crippen LogP contribution in [0.5, 0.6) is 0 Å². The van der Waals surface area contributed by atoms with Crippen molar-refractivity contribution in [2.75, 3.05) is 39.3 Å². The molecular formula is C22H29FN4O5. The number of unbranched alkanes of at least 4 members (excludes halogenated alkanes) is 1. The molecule has 2 saturated heterocycles. The Hall–Kier alpha value is -3.17. The maximum atomic E-state index is 13.4. The highest BCUT2D eigenvalue weighted by atomic mass is 19.1. The molecule has 10 heteroatoms. The average Bonchev–Trinajstić information content (AvgIpc) is 3.03. The molecule has 0 radical (unpaired) electrons. The molecular weight excluding hydrogens is 419 g/mol. The van der Waals surface area contributed by atoms with E-state index in [0.29, 0.717) is 44.6 Å². The van der Waals surface area contributed by atoms with Gasteiger partial charge in [-0.2, -0.15) is 0 Å². The van der Waals surface area contributed by atoms with E-state index in [0.717, 1.165) is 11.3 Å². The lowest BCUT2D eigenvalue weighted by molar-refractivity contribution is -0.140. The molecule has 1 N–H and O–H groups in total. The number of hydrogen-bond acceptors (Lipinski definition) is 5. The summed E-state index contributed by atoms with van der Waals surface area (Å²) >= 11 is 0. The molecule has 0 saturated carbocycles. The van der Waals surface area contributed by atoms with Gasteiger partial charge in [0, 0.05) is 26.2 Å². The van der Waals surface area contributed by atoms with Gasteiger partial charge in [0.15, 0.2) is 0 Å². The Morgan fingerprint density at radius 3 is 2.28 bits per heavy atom. The molecule has 2 aliphatic rings. The topological polar surface area (TPSA) is 99.3 Å². The Kier molecular flexibility index (Phi) is 7.32. The second-order valence-electron chi connectivity index (χ2n) is 7.90. The molecule has 0 aromatic heterocycles. The van der Waals surface area contributed by atoms with Crippen LogP contribution >= 0.6 is 0 Å². The molecule has 174 valence electrons. The van der Waals surface area contributed by atoms with Gasteiger partial charge in [0.25, 0.3) is 5.91 Å². The first-order valence-electron chi connectivity index (χ1n) is 10.9. The monoisotopic (exact) mass is 448 g/mol. The van der Waals surface area contributed by atoms with Crippen LogP contribution in [-0.4, -0.2) is 78.0 Å². The number of benzene rings is 1. The van der Waals surface area contributed by atoms with Gasteiger partial charge < -0.3 is 19.9 Å². The fourth-order valence-electron chi connectivity index (χ4n) is 4.04. The standard InChI is InChI=1S/C22H29FN4O5/c1-3-5-10-22(16-6-8-17(23)9-7-16)19(29)27(20(30)24-22)15-18(28)25-11-13-26(14-12-25)21(31)32-4-2/h6-9H,3-5,10-15H2,1-2H3,(H,24,30). The number of piperazine rings is 1. The molecule has 3 rings (SSSR count). The van der Waals surface area contributed by atoms with Crippen molar-refractivity contribution >= 4 is 23.9 Å². The summed E-state index contributed by atoms with van der Waals surface area (Å²) in [6.07, 6.45) is 1.40. The van der Waals surface area contributed by atoms with Gasteiger partial charge in [-0.25, -0.2) is 14.0 Å². The molecule has 1 aromatic rings. The lowest BCUT2D eigenvalue weighted by Crippen LogP contribution is -2.53. The van der Waals surface area contributed by atoms with E-state index in [1.807, 2.05) is 6.92 Å². The Labute approximate surface area is 186 Å². The molecule has 2 aliphatic heterocycles. The SMILES string of the molecule is CCCCC1(c2ccc(F)cc2)NC(=O)N(CC(=O)N2CCN(C(=O)OCC)CC2)C1=O. The third-order valence-corrected chi connectivity index (χ3v) is 5.87. The van der Waals surface area contributed by atoms with E-state index in [9.17, 15) is 23.6 Å². The van der Waals surface area contributed by atoms with Gasteiger partial charge in [-0.15, -0.1) is 0 Å². The number of urea groups is 1. The van der Waals surface area contributed by atoms with E-state index in [-0.39, 0.29) is 19.1 Å². The number of carbonyl (C=O) groups excluding carboxylic acids is 4. The smallest absolute Gasteiger partial charge is 0.409 e. The van der Waals surface area contributed by atoms with Crippen molar-refractivity contribution < 1.29 is 28.3 Å². The van der Waals surface area contributed by atoms with Crippen molar-refractivity contribution in [2.24, 2.45) is 0 Å². The average molecular weight is 448 g/mol. The zero-order chi connectivity index (χ0) is 23.3. The molecule has 5 amide bonds. The number of nitrogens with one attached hydrogen (secondary N) is 1. The number of nitrogens with zero attached hydrogens (tertiary/aromatic N) is 3. The molecule has 1 atom stereocenters. The van der Waals surface area contributed by atoms with Gasteiger partial charge >= 0.3 is 12.1 Å². The molecule has 2 heterocycles. The van der Waals surface area contributed by atoms with Crippen LogP contribution in [0.15, 0.2) is 24.3 Å². The Morgan fingerprint density at radius 2 is 1.69 bits per heavy atom. The molecule has 0 spiro atoms. The first-order valence-corrected chi connectivity index (χ1v) is 10.9. The Bertz CT molecular complexity index is 870. The van der Waals surface area contributed by atoms with Gasteiger partial charge in [0.1, 0.15) is 17.9 Å². The van der Waals surface area contributed by atoms with E-state index >= 15 is 0 Å². The van der Waals surface area contributed by atoms with Crippen LogP contribution in [0.3, 0.4) is 0 Å². The minimum Gasteiger partial charge on any atom is -0.450 e. The minimum absolute atomic E-state index is 0.276. The number of carbonyl (C=O) groups is 4. The normalized spacial score (nSPS) is 21.0. The molecule has 1 aromatic carbocycles. The number of rotatable bonds is 7. The number of hydrogen-bond donors (Lipinski definition) is 1. The predicted octanol–water partition coefficient (Wildman–Crippen LogP) is 2.06. The Morgan fingerprint density at radius 1 is 1.06 bits per heavy atom. The highest BCUT2D eigenvalue weighted by Gasteiger charge is 2.52. The summed E-state index contributed by atoms with van der Waals surface area (Å²) in [4.78, 5) is 54.7. The minimum atomic E-state index is -1.32. The molecule has 1 unspecified atom stereocenters. The third kappa shape index (κ3) is 4.68. The summed E-state index contributed by atoms with van der Waals surface area (Å²) in [5, 5.41) is 2.76. The zero-order valence-electron chi connectivity index (χ0n) is 18.4. The number of imide groups is 1. The van der Waals surface area contributed by atoms with Crippen molar-refractivity contribution in [3.8, 4) is 0 Å². The predicted molar refractivity (Wildman–Crippen MR) is 113 cm³/mol. The van der Waals surface area contributed by atoms with Crippen LogP contribution in [0.1, 0.15) is 38.7 Å². The number of amides is 5. The lowest BCUT2D eigenvalue weighted by atomic mass is 9.85. The van der Waals surface area contributed by atoms with Crippen molar-refractivity contribution in [1.82, 2.24) is 20.0 Å². The van der Waals surface area contributed by atoms with Crippen LogP contribution < -0.4 is 5.32 Å². The summed E-state index contributed by atoms with van der Waals surface area (Å²) < 4.78 is 18.4. The summed E-state index contributed by atoms with van der Waals surface area (Å²) in [6.45, 7) is 4.80. The highest BCUT2D eigenvalue weighted by molar-refractivity contribution is 6.09. The molecule has 0 bridgehead atoms. The van der Waals surface area contributed by atoms with Gasteiger partial charge in [-0.3, -0.25) is 14.5 Å². The van der Waals surface area contributed by atoms with Gasteiger partial charge in [0.2, 0.25) is 5.91 Å². The third-order valence-electron chi connectivity index (χ3n) is 5.87. The second kappa shape index (κ2) is 9.97. The fourth-order valence-corrected chi connectivity index (χ4v) is 4.04. The van der Waals surface area contributed by atoms with Gasteiger partial charge in [-0.05, 0) is 31.0 Å². The van der Waals surface area contributed by atoms with E-state index < -0.39 is 29.4 Å². The van der Waals surface area contributed by atoms with E-state index in [2.05, 4.69) is 5.32 Å². The summed E-state index contributed by atoms with van der Waals surface area (Å²) in [5.74, 6) is -1.33. The van der Waals surface area contributed by atoms with Crippen LogP contribution in [0.25, 0.3) is 0 Å². The van der Waals surface area contributed by atoms with Gasteiger partial charge in [0.05, 0.1) is 6.61 Å². The van der Waals surface area contributed by atoms with E-state index in [1.54, 1.807) is 6.92 Å². The maximum Gasteiger partial charge on any atom is 0.409 e. The van der Waals surface area contributed by atoms with Crippen molar-refractivity contribution in [2.45, 2.75) is 38.6 Å². The molecule has 32 heavy (non-hydrogen) atoms. The number of ether oxygens (including phenoxy) is 1. The van der Waals surface area contributed by atoms with Crippen LogP contribution in [-0.2, 0) is 19.9 Å². The van der Waals surface area contributed by atoms with Crippen molar-refractivity contribution in [3.63, 3.8) is 0 Å². The Balaban J connectivity index is 1.70. The van der Waals surface area contributed by atoms with Gasteiger partial charge in [-0.1, -0.05) is 31.9 Å². The first-order chi connectivity index (χ1) is 15.3. The fraction of sp³-hybridized carbons (Fsp3) is 0.545. The first kappa shape index (κ1) is 23.5. The molecule has 9 nitrogen and oxygen atoms in total. The quantitative estimate of drug-likeness (QED) is 0.644. The maximum absolute atomic E-state index is 13.4. The second-order valence-corrected chi connectivity index (χ2v) is 7.90. The van der Waals surface area contributed by atoms with Crippen LogP contribution in [0.2, 0.25) is 0 Å². The van der Waals surface area contributed by atoms with Crippen molar-refractivity contribution in [1.29, 1.82) is 0 Å². The van der Waals surface area contributed by atoms with Crippen LogP contribution in [0.4, 0.5) is 14.0 Å². The largest absolute Gasteiger partial charge is 0.450 e. The molecule has 2 fully saturated rings. The van der Waals surface area contributed by atoms with E-state index in [1.165, 1.54) is 34.1 Å². The summed E-state index contributed by atoms with van der Waals surface area (Å²) in [5.41, 5.74) is -0.826. The summed E-state index contributed by atoms with van der Waals surface area (Å²) in [7, 11) is 0. The number of halogens is 1. The lowest BCUT2D eigenvalue weighted by Gasteiger charge is -2.34. The highest BCUT2D eigenvalue weighted by Crippen LogP contribution is 2.34. The van der Waals surface area contributed by atoms with E-state index in [4.69, 9.17) is 4.74 Å². The zero-order valence-corrected chi connectivity index (χ0v) is 18.4. The van der Waals surface area contributed by atoms with Crippen LogP contribution in [0, 0.1) is 5.82 Å². The molecule has 0 aliphatic carbocycles. The summed E-state index contributed by atoms with van der Waals surface area (Å²) in [6, 6.07) is 4.83. The van der Waals surface area contributed by atoms with Crippen molar-refractivity contribution in [3.05, 3.63) is 35.6 Å².